The third kappa shape index (κ3) is 2.96. The zero-order chi connectivity index (χ0) is 14.0. The van der Waals surface area contributed by atoms with E-state index in [4.69, 9.17) is 5.73 Å². The van der Waals surface area contributed by atoms with Crippen LogP contribution in [0.1, 0.15) is 28.6 Å². The van der Waals surface area contributed by atoms with E-state index in [1.165, 1.54) is 18.2 Å². The molecule has 4 heteroatoms. The van der Waals surface area contributed by atoms with Gasteiger partial charge >= 0.3 is 0 Å². The lowest BCUT2D eigenvalue weighted by Gasteiger charge is -2.15. The zero-order valence-corrected chi connectivity index (χ0v) is 11.0. The highest BCUT2D eigenvalue weighted by Crippen LogP contribution is 2.22. The fraction of sp³-hybridized carbons (Fsp3) is 0.267. The van der Waals surface area contributed by atoms with Crippen molar-refractivity contribution in [2.75, 3.05) is 0 Å². The molecule has 0 aliphatic carbocycles. The summed E-state index contributed by atoms with van der Waals surface area (Å²) in [6.45, 7) is 3.73. The van der Waals surface area contributed by atoms with Crippen molar-refractivity contribution in [3.8, 4) is 0 Å². The first kappa shape index (κ1) is 13.6. The van der Waals surface area contributed by atoms with Crippen LogP contribution in [0, 0.1) is 25.5 Å². The van der Waals surface area contributed by atoms with E-state index in [1.807, 2.05) is 26.0 Å². The Morgan fingerprint density at radius 2 is 1.74 bits per heavy atom. The molecular weight excluding hydrogens is 246 g/mol. The number of rotatable bonds is 3. The second-order valence-corrected chi connectivity index (χ2v) is 4.64. The van der Waals surface area contributed by atoms with Gasteiger partial charge in [-0.25, -0.2) is 8.78 Å². The van der Waals surface area contributed by atoms with Gasteiger partial charge in [-0.2, -0.15) is 0 Å². The molecule has 0 spiro atoms. The number of benzene rings is 1. The number of pyridine rings is 1. The van der Waals surface area contributed by atoms with Gasteiger partial charge in [0, 0.05) is 23.0 Å². The van der Waals surface area contributed by atoms with Crippen LogP contribution in [0.3, 0.4) is 0 Å². The Labute approximate surface area is 111 Å². The monoisotopic (exact) mass is 262 g/mol. The van der Waals surface area contributed by atoms with Gasteiger partial charge in [0.05, 0.1) is 0 Å². The predicted octanol–water partition coefficient (Wildman–Crippen LogP) is 3.22. The average Bonchev–Trinajstić information content (AvgIpc) is 2.33. The Bertz CT molecular complexity index is 576. The molecule has 1 unspecified atom stereocenters. The molecule has 0 amide bonds. The number of nitrogens with two attached hydrogens (primary N) is 1. The summed E-state index contributed by atoms with van der Waals surface area (Å²) in [5, 5.41) is 0. The lowest BCUT2D eigenvalue weighted by Crippen LogP contribution is -2.17. The number of hydrogen-bond acceptors (Lipinski definition) is 2. The molecule has 0 radical (unpaired) electrons. The van der Waals surface area contributed by atoms with E-state index < -0.39 is 17.7 Å². The molecule has 2 N–H and O–H groups in total. The summed E-state index contributed by atoms with van der Waals surface area (Å²) in [5.41, 5.74) is 8.57. The Morgan fingerprint density at radius 1 is 1.11 bits per heavy atom. The molecular formula is C15H16F2N2. The summed E-state index contributed by atoms with van der Waals surface area (Å²) in [6, 6.07) is 7.07. The summed E-state index contributed by atoms with van der Waals surface area (Å²) in [6.07, 6.45) is 0.115. The van der Waals surface area contributed by atoms with Gasteiger partial charge in [0.1, 0.15) is 11.6 Å². The van der Waals surface area contributed by atoms with Gasteiger partial charge in [-0.3, -0.25) is 4.98 Å². The molecule has 100 valence electrons. The van der Waals surface area contributed by atoms with E-state index in [0.29, 0.717) is 0 Å². The summed E-state index contributed by atoms with van der Waals surface area (Å²) < 4.78 is 27.2. The molecule has 19 heavy (non-hydrogen) atoms. The van der Waals surface area contributed by atoms with E-state index in [9.17, 15) is 8.78 Å². The van der Waals surface area contributed by atoms with E-state index in [2.05, 4.69) is 4.98 Å². The van der Waals surface area contributed by atoms with Crippen molar-refractivity contribution in [1.82, 2.24) is 4.98 Å². The lowest BCUT2D eigenvalue weighted by molar-refractivity contribution is 0.539. The maximum absolute atomic E-state index is 13.6. The number of hydrogen-bond donors (Lipinski definition) is 1. The molecule has 0 aliphatic rings. The van der Waals surface area contributed by atoms with Gasteiger partial charge in [-0.05, 0) is 44.0 Å². The molecule has 2 rings (SSSR count). The topological polar surface area (TPSA) is 38.9 Å². The van der Waals surface area contributed by atoms with Crippen molar-refractivity contribution >= 4 is 0 Å². The van der Waals surface area contributed by atoms with Crippen molar-refractivity contribution < 1.29 is 8.78 Å². The molecule has 0 aliphatic heterocycles. The molecule has 1 aromatic carbocycles. The minimum Gasteiger partial charge on any atom is -0.324 e. The highest BCUT2D eigenvalue weighted by Gasteiger charge is 2.16. The fourth-order valence-electron chi connectivity index (χ4n) is 2.15. The van der Waals surface area contributed by atoms with Crippen LogP contribution < -0.4 is 5.73 Å². The maximum atomic E-state index is 13.6. The Balaban J connectivity index is 2.28. The zero-order valence-electron chi connectivity index (χ0n) is 11.0. The summed E-state index contributed by atoms with van der Waals surface area (Å²) >= 11 is 0. The van der Waals surface area contributed by atoms with Gasteiger partial charge < -0.3 is 5.73 Å². The molecule has 1 aromatic heterocycles. The molecule has 0 fully saturated rings. The summed E-state index contributed by atoms with van der Waals surface area (Å²) in [5.74, 6) is -1.12. The van der Waals surface area contributed by atoms with Crippen molar-refractivity contribution in [3.63, 3.8) is 0 Å². The minimum absolute atomic E-state index is 0.0231. The Hall–Kier alpha value is -1.81. The van der Waals surface area contributed by atoms with Crippen LogP contribution in [0.5, 0.6) is 0 Å². The second-order valence-electron chi connectivity index (χ2n) is 4.64. The van der Waals surface area contributed by atoms with E-state index >= 15 is 0 Å². The van der Waals surface area contributed by atoms with Gasteiger partial charge in [0.15, 0.2) is 0 Å². The third-order valence-electron chi connectivity index (χ3n) is 3.15. The number of nitrogens with zero attached hydrogens (tertiary/aromatic N) is 1. The Kier molecular flexibility index (Phi) is 3.90. The smallest absolute Gasteiger partial charge is 0.129 e. The van der Waals surface area contributed by atoms with E-state index in [1.54, 1.807) is 0 Å². The van der Waals surface area contributed by atoms with Gasteiger partial charge in [-0.1, -0.05) is 12.1 Å². The molecule has 0 saturated heterocycles. The number of aryl methyl sites for hydroxylation is 2. The molecule has 1 atom stereocenters. The second kappa shape index (κ2) is 5.45. The van der Waals surface area contributed by atoms with Crippen LogP contribution in [-0.2, 0) is 6.42 Å². The molecule has 2 aromatic rings. The molecule has 0 saturated carbocycles. The van der Waals surface area contributed by atoms with Crippen molar-refractivity contribution in [2.24, 2.45) is 5.73 Å². The van der Waals surface area contributed by atoms with E-state index in [-0.39, 0.29) is 12.0 Å². The third-order valence-corrected chi connectivity index (χ3v) is 3.15. The average molecular weight is 262 g/mol. The first-order chi connectivity index (χ1) is 8.99. The molecule has 1 heterocycles. The lowest BCUT2D eigenvalue weighted by atomic mass is 9.98. The van der Waals surface area contributed by atoms with Crippen LogP contribution in [0.15, 0.2) is 30.3 Å². The quantitative estimate of drug-likeness (QED) is 0.922. The largest absolute Gasteiger partial charge is 0.324 e. The van der Waals surface area contributed by atoms with Gasteiger partial charge in [0.2, 0.25) is 0 Å². The highest BCUT2D eigenvalue weighted by molar-refractivity contribution is 5.28. The van der Waals surface area contributed by atoms with Crippen LogP contribution in [0.25, 0.3) is 0 Å². The normalized spacial score (nSPS) is 12.5. The first-order valence-corrected chi connectivity index (χ1v) is 6.11. The maximum Gasteiger partial charge on any atom is 0.129 e. The number of halogens is 2. The van der Waals surface area contributed by atoms with Crippen LogP contribution in [0.2, 0.25) is 0 Å². The fourth-order valence-corrected chi connectivity index (χ4v) is 2.15. The predicted molar refractivity (Wildman–Crippen MR) is 70.7 cm³/mol. The highest BCUT2D eigenvalue weighted by atomic mass is 19.1. The SMILES string of the molecule is Cc1ccc(C(N)Cc2c(F)cccc2F)c(C)n1. The van der Waals surface area contributed by atoms with E-state index in [0.717, 1.165) is 17.0 Å². The standard InChI is InChI=1S/C15H16F2N2/c1-9-6-7-11(10(2)19-9)15(18)8-12-13(16)4-3-5-14(12)17/h3-7,15H,8,18H2,1-2H3. The van der Waals surface area contributed by atoms with Crippen LogP contribution in [0.4, 0.5) is 8.78 Å². The van der Waals surface area contributed by atoms with Crippen LogP contribution >= 0.6 is 0 Å². The van der Waals surface area contributed by atoms with Crippen LogP contribution in [-0.4, -0.2) is 4.98 Å². The van der Waals surface area contributed by atoms with Crippen molar-refractivity contribution in [3.05, 3.63) is 64.5 Å². The summed E-state index contributed by atoms with van der Waals surface area (Å²) in [4.78, 5) is 4.31. The Morgan fingerprint density at radius 3 is 2.32 bits per heavy atom. The summed E-state index contributed by atoms with van der Waals surface area (Å²) in [7, 11) is 0. The van der Waals surface area contributed by atoms with Crippen molar-refractivity contribution in [2.45, 2.75) is 26.3 Å². The van der Waals surface area contributed by atoms with Crippen molar-refractivity contribution in [1.29, 1.82) is 0 Å². The van der Waals surface area contributed by atoms with Gasteiger partial charge in [0.25, 0.3) is 0 Å². The minimum atomic E-state index is -0.562. The van der Waals surface area contributed by atoms with Gasteiger partial charge in [-0.15, -0.1) is 0 Å². The molecule has 2 nitrogen and oxygen atoms in total. The first-order valence-electron chi connectivity index (χ1n) is 6.11. The molecule has 0 bridgehead atoms. The number of aromatic nitrogens is 1.